The van der Waals surface area contributed by atoms with Gasteiger partial charge in [0.15, 0.2) is 5.13 Å². The molecule has 1 saturated heterocycles. The first kappa shape index (κ1) is 12.7. The molecule has 102 valence electrons. The summed E-state index contributed by atoms with van der Waals surface area (Å²) in [6.45, 7) is 7.54. The zero-order chi connectivity index (χ0) is 13.2. The maximum Gasteiger partial charge on any atom is 0.185 e. The number of hydrogen-bond donors (Lipinski definition) is 0. The van der Waals surface area contributed by atoms with Crippen molar-refractivity contribution >= 4 is 16.5 Å². The molecule has 1 aliphatic rings. The topological polar surface area (TPSA) is 21.1 Å². The van der Waals surface area contributed by atoms with E-state index in [1.807, 2.05) is 0 Å². The van der Waals surface area contributed by atoms with Gasteiger partial charge in [0, 0.05) is 30.4 Å². The minimum atomic E-state index is 0.893. The average Bonchev–Trinajstić information content (AvgIpc) is 2.99. The van der Waals surface area contributed by atoms with Crippen LogP contribution in [0.15, 0.2) is 17.6 Å². The van der Waals surface area contributed by atoms with Crippen LogP contribution in [0.25, 0.3) is 0 Å². The highest BCUT2D eigenvalue weighted by molar-refractivity contribution is 7.13. The van der Waals surface area contributed by atoms with Gasteiger partial charge in [0.05, 0.1) is 12.2 Å². The van der Waals surface area contributed by atoms with E-state index in [4.69, 9.17) is 4.98 Å². The summed E-state index contributed by atoms with van der Waals surface area (Å²) >= 11 is 1.79. The van der Waals surface area contributed by atoms with Crippen LogP contribution in [0.2, 0.25) is 0 Å². The fraction of sp³-hybridized carbons (Fsp3) is 0.533. The number of aryl methyl sites for hydroxylation is 2. The second kappa shape index (κ2) is 5.37. The van der Waals surface area contributed by atoms with Gasteiger partial charge in [-0.15, -0.1) is 11.3 Å². The molecular weight excluding hydrogens is 254 g/mol. The molecule has 1 fully saturated rings. The zero-order valence-electron chi connectivity index (χ0n) is 11.7. The second-order valence-corrected chi connectivity index (χ2v) is 6.29. The number of thiazole rings is 1. The molecule has 0 amide bonds. The third kappa shape index (κ3) is 2.84. The Kier molecular flexibility index (Phi) is 3.60. The van der Waals surface area contributed by atoms with Crippen molar-refractivity contribution in [1.82, 2.24) is 9.55 Å². The lowest BCUT2D eigenvalue weighted by atomic mass is 10.1. The van der Waals surface area contributed by atoms with Gasteiger partial charge in [0.1, 0.15) is 0 Å². The van der Waals surface area contributed by atoms with Crippen LogP contribution in [0.5, 0.6) is 0 Å². The van der Waals surface area contributed by atoms with Crippen molar-refractivity contribution in [2.24, 2.45) is 0 Å². The van der Waals surface area contributed by atoms with E-state index in [1.54, 1.807) is 11.3 Å². The molecule has 0 atom stereocenters. The van der Waals surface area contributed by atoms with Gasteiger partial charge in [0.25, 0.3) is 0 Å². The lowest BCUT2D eigenvalue weighted by molar-refractivity contribution is 0.576. The standard InChI is InChI=1S/C15H21N3S/c1-12-8-13(2)18(9-12)10-14-11-19-15(16-14)17-6-4-3-5-7-17/h8-9,11H,3-7,10H2,1-2H3. The van der Waals surface area contributed by atoms with Crippen LogP contribution in [0.1, 0.15) is 36.2 Å². The molecule has 0 unspecified atom stereocenters. The highest BCUT2D eigenvalue weighted by Crippen LogP contribution is 2.24. The average molecular weight is 275 g/mol. The van der Waals surface area contributed by atoms with E-state index in [0.717, 1.165) is 6.54 Å². The summed E-state index contributed by atoms with van der Waals surface area (Å²) in [6.07, 6.45) is 6.20. The van der Waals surface area contributed by atoms with Gasteiger partial charge >= 0.3 is 0 Å². The van der Waals surface area contributed by atoms with Gasteiger partial charge < -0.3 is 9.47 Å². The van der Waals surface area contributed by atoms with Crippen molar-refractivity contribution in [3.8, 4) is 0 Å². The molecule has 0 radical (unpaired) electrons. The maximum atomic E-state index is 4.80. The van der Waals surface area contributed by atoms with E-state index in [9.17, 15) is 0 Å². The van der Waals surface area contributed by atoms with Crippen LogP contribution in [-0.2, 0) is 6.54 Å². The summed E-state index contributed by atoms with van der Waals surface area (Å²) in [7, 11) is 0. The Hall–Kier alpha value is -1.29. The van der Waals surface area contributed by atoms with Gasteiger partial charge in [-0.25, -0.2) is 4.98 Å². The van der Waals surface area contributed by atoms with Crippen molar-refractivity contribution < 1.29 is 0 Å². The number of hydrogen-bond acceptors (Lipinski definition) is 3. The fourth-order valence-electron chi connectivity index (χ4n) is 2.74. The highest BCUT2D eigenvalue weighted by atomic mass is 32.1. The Balaban J connectivity index is 1.72. The first-order valence-electron chi connectivity index (χ1n) is 7.05. The number of anilines is 1. The molecule has 1 aliphatic heterocycles. The minimum absolute atomic E-state index is 0.893. The van der Waals surface area contributed by atoms with Crippen LogP contribution in [-0.4, -0.2) is 22.6 Å². The normalized spacial score (nSPS) is 16.0. The van der Waals surface area contributed by atoms with Crippen LogP contribution in [0.4, 0.5) is 5.13 Å². The smallest absolute Gasteiger partial charge is 0.185 e. The van der Waals surface area contributed by atoms with E-state index in [1.165, 1.54) is 54.4 Å². The summed E-state index contributed by atoms with van der Waals surface area (Å²) < 4.78 is 2.28. The van der Waals surface area contributed by atoms with E-state index >= 15 is 0 Å². The number of piperidine rings is 1. The molecule has 3 rings (SSSR count). The Labute approximate surface area is 118 Å². The predicted molar refractivity (Wildman–Crippen MR) is 81.2 cm³/mol. The number of nitrogens with zero attached hydrogens (tertiary/aromatic N) is 3. The van der Waals surface area contributed by atoms with E-state index < -0.39 is 0 Å². The van der Waals surface area contributed by atoms with Crippen molar-refractivity contribution in [3.63, 3.8) is 0 Å². The SMILES string of the molecule is Cc1cc(C)n(Cc2csc(N3CCCCC3)n2)c1. The predicted octanol–water partition coefficient (Wildman–Crippen LogP) is 3.60. The van der Waals surface area contributed by atoms with Crippen molar-refractivity contribution in [2.45, 2.75) is 39.7 Å². The molecule has 3 heterocycles. The summed E-state index contributed by atoms with van der Waals surface area (Å²) in [6, 6.07) is 2.22. The van der Waals surface area contributed by atoms with Gasteiger partial charge in [-0.3, -0.25) is 0 Å². The Morgan fingerprint density at radius 3 is 2.68 bits per heavy atom. The lowest BCUT2D eigenvalue weighted by Crippen LogP contribution is -2.29. The quantitative estimate of drug-likeness (QED) is 0.853. The lowest BCUT2D eigenvalue weighted by Gasteiger charge is -2.25. The third-order valence-corrected chi connectivity index (χ3v) is 4.70. The van der Waals surface area contributed by atoms with Gasteiger partial charge in [-0.2, -0.15) is 0 Å². The Bertz CT molecular complexity index is 549. The molecule has 0 aliphatic carbocycles. The van der Waals surface area contributed by atoms with Gasteiger partial charge in [-0.05, 0) is 44.7 Å². The monoisotopic (exact) mass is 275 g/mol. The van der Waals surface area contributed by atoms with Crippen LogP contribution in [0, 0.1) is 13.8 Å². The Morgan fingerprint density at radius 1 is 1.21 bits per heavy atom. The van der Waals surface area contributed by atoms with Crippen LogP contribution >= 0.6 is 11.3 Å². The van der Waals surface area contributed by atoms with Crippen molar-refractivity contribution in [1.29, 1.82) is 0 Å². The molecule has 3 nitrogen and oxygen atoms in total. The van der Waals surface area contributed by atoms with Crippen LogP contribution in [0.3, 0.4) is 0 Å². The Morgan fingerprint density at radius 2 is 2.00 bits per heavy atom. The van der Waals surface area contributed by atoms with Crippen molar-refractivity contribution in [2.75, 3.05) is 18.0 Å². The third-order valence-electron chi connectivity index (χ3n) is 3.75. The second-order valence-electron chi connectivity index (χ2n) is 5.46. The van der Waals surface area contributed by atoms with E-state index in [0.29, 0.717) is 0 Å². The van der Waals surface area contributed by atoms with E-state index in [2.05, 4.69) is 41.0 Å². The summed E-state index contributed by atoms with van der Waals surface area (Å²) in [5.41, 5.74) is 3.82. The molecule has 0 spiro atoms. The highest BCUT2D eigenvalue weighted by Gasteiger charge is 2.14. The largest absolute Gasteiger partial charge is 0.348 e. The molecule has 0 aromatic carbocycles. The summed E-state index contributed by atoms with van der Waals surface area (Å²) in [5, 5.41) is 3.41. The molecule has 4 heteroatoms. The molecule has 2 aromatic heterocycles. The number of rotatable bonds is 3. The first-order valence-corrected chi connectivity index (χ1v) is 7.93. The molecule has 2 aromatic rings. The maximum absolute atomic E-state index is 4.80. The fourth-order valence-corrected chi connectivity index (χ4v) is 3.61. The zero-order valence-corrected chi connectivity index (χ0v) is 12.5. The summed E-state index contributed by atoms with van der Waals surface area (Å²) in [4.78, 5) is 7.24. The number of aromatic nitrogens is 2. The molecule has 0 bridgehead atoms. The van der Waals surface area contributed by atoms with E-state index in [-0.39, 0.29) is 0 Å². The van der Waals surface area contributed by atoms with Gasteiger partial charge in [-0.1, -0.05) is 0 Å². The minimum Gasteiger partial charge on any atom is -0.348 e. The summed E-state index contributed by atoms with van der Waals surface area (Å²) in [5.74, 6) is 0. The first-order chi connectivity index (χ1) is 9.22. The van der Waals surface area contributed by atoms with Crippen molar-refractivity contribution in [3.05, 3.63) is 34.6 Å². The molecule has 19 heavy (non-hydrogen) atoms. The molecule has 0 N–H and O–H groups in total. The molecular formula is C15H21N3S. The molecule has 0 saturated carbocycles. The van der Waals surface area contributed by atoms with Gasteiger partial charge in [0.2, 0.25) is 0 Å². The van der Waals surface area contributed by atoms with Crippen LogP contribution < -0.4 is 4.90 Å².